The summed E-state index contributed by atoms with van der Waals surface area (Å²) in [6, 6.07) is 11.8. The van der Waals surface area contributed by atoms with Gasteiger partial charge in [0.15, 0.2) is 0 Å². The highest BCUT2D eigenvalue weighted by atomic mass is 35.5. The number of nitrogens with zero attached hydrogens (tertiary/aromatic N) is 3. The summed E-state index contributed by atoms with van der Waals surface area (Å²) >= 11 is 13.8. The smallest absolute Gasteiger partial charge is 0.236 e. The zero-order valence-electron chi connectivity index (χ0n) is 14.1. The van der Waals surface area contributed by atoms with Gasteiger partial charge in [0, 0.05) is 37.6 Å². The first kappa shape index (κ1) is 18.5. The summed E-state index contributed by atoms with van der Waals surface area (Å²) in [6.45, 7) is 4.22. The first-order valence-corrected chi connectivity index (χ1v) is 9.80. The van der Waals surface area contributed by atoms with Gasteiger partial charge in [0.25, 0.3) is 0 Å². The molecule has 4 nitrogen and oxygen atoms in total. The van der Waals surface area contributed by atoms with E-state index in [4.69, 9.17) is 23.2 Å². The molecule has 1 aliphatic rings. The number of carbonyl (C=O) groups excluding carboxylic acids is 1. The normalized spacial score (nSPS) is 15.0. The molecule has 25 heavy (non-hydrogen) atoms. The number of rotatable bonds is 5. The molecule has 134 valence electrons. The molecule has 0 N–H and O–H groups in total. The van der Waals surface area contributed by atoms with Gasteiger partial charge in [-0.05, 0) is 31.3 Å². The van der Waals surface area contributed by atoms with Crippen LogP contribution in [0.3, 0.4) is 0 Å². The van der Waals surface area contributed by atoms with E-state index < -0.39 is 0 Å². The maximum absolute atomic E-state index is 12.5. The molecule has 0 unspecified atom stereocenters. The Balaban J connectivity index is 1.49. The number of hydrogen-bond donors (Lipinski definition) is 0. The summed E-state index contributed by atoms with van der Waals surface area (Å²) in [4.78, 5) is 19.9. The van der Waals surface area contributed by atoms with Gasteiger partial charge in [-0.2, -0.15) is 0 Å². The Morgan fingerprint density at radius 1 is 1.12 bits per heavy atom. The maximum Gasteiger partial charge on any atom is 0.236 e. The van der Waals surface area contributed by atoms with Gasteiger partial charge in [-0.15, -0.1) is 11.3 Å². The van der Waals surface area contributed by atoms with Crippen molar-refractivity contribution in [2.24, 2.45) is 0 Å². The van der Waals surface area contributed by atoms with Gasteiger partial charge < -0.3 is 9.80 Å². The zero-order chi connectivity index (χ0) is 17.8. The molecule has 0 spiro atoms. The van der Waals surface area contributed by atoms with Gasteiger partial charge >= 0.3 is 0 Å². The lowest BCUT2D eigenvalue weighted by Crippen LogP contribution is -2.51. The second kappa shape index (κ2) is 8.41. The Morgan fingerprint density at radius 3 is 2.48 bits per heavy atom. The third kappa shape index (κ3) is 4.88. The Morgan fingerprint density at radius 2 is 1.84 bits per heavy atom. The molecule has 1 fully saturated rings. The molecule has 2 heterocycles. The van der Waals surface area contributed by atoms with Gasteiger partial charge in [0.2, 0.25) is 5.91 Å². The van der Waals surface area contributed by atoms with E-state index in [1.54, 1.807) is 11.3 Å². The van der Waals surface area contributed by atoms with Crippen LogP contribution in [0.5, 0.6) is 0 Å². The topological polar surface area (TPSA) is 26.8 Å². The monoisotopic (exact) mass is 397 g/mol. The first-order valence-electron chi connectivity index (χ1n) is 8.23. The van der Waals surface area contributed by atoms with Crippen LogP contribution < -0.4 is 4.90 Å². The van der Waals surface area contributed by atoms with Crippen molar-refractivity contribution in [3.63, 3.8) is 0 Å². The minimum absolute atomic E-state index is 0.170. The molecule has 1 amide bonds. The zero-order valence-corrected chi connectivity index (χ0v) is 16.4. The van der Waals surface area contributed by atoms with E-state index in [0.29, 0.717) is 6.54 Å². The van der Waals surface area contributed by atoms with Gasteiger partial charge in [-0.3, -0.25) is 9.69 Å². The molecule has 7 heteroatoms. The summed E-state index contributed by atoms with van der Waals surface area (Å²) in [7, 11) is 1.96. The van der Waals surface area contributed by atoms with Crippen LogP contribution in [0.2, 0.25) is 9.36 Å². The van der Waals surface area contributed by atoms with Crippen LogP contribution in [0.25, 0.3) is 0 Å². The number of hydrogen-bond acceptors (Lipinski definition) is 4. The quantitative estimate of drug-likeness (QED) is 0.766. The second-order valence-electron chi connectivity index (χ2n) is 6.20. The average molecular weight is 398 g/mol. The van der Waals surface area contributed by atoms with E-state index in [-0.39, 0.29) is 5.91 Å². The van der Waals surface area contributed by atoms with E-state index in [1.807, 2.05) is 53.2 Å². The highest BCUT2D eigenvalue weighted by molar-refractivity contribution is 7.16. The number of para-hydroxylation sites is 1. The van der Waals surface area contributed by atoms with Crippen LogP contribution in [0, 0.1) is 0 Å². The molecule has 1 aromatic heterocycles. The summed E-state index contributed by atoms with van der Waals surface area (Å²) in [5, 5.41) is 0.761. The molecule has 3 rings (SSSR count). The summed E-state index contributed by atoms with van der Waals surface area (Å²) < 4.78 is 0.783. The number of amides is 1. The number of carbonyl (C=O) groups is 1. The van der Waals surface area contributed by atoms with Crippen LogP contribution >= 0.6 is 34.5 Å². The Hall–Kier alpha value is -1.27. The number of likely N-dealkylation sites (N-methyl/N-ethyl adjacent to an activating group) is 1. The summed E-state index contributed by atoms with van der Waals surface area (Å²) in [5.41, 5.74) is 1.04. The summed E-state index contributed by atoms with van der Waals surface area (Å²) in [5.74, 6) is 0.170. The minimum Gasteiger partial charge on any atom is -0.367 e. The molecule has 0 atom stereocenters. The van der Waals surface area contributed by atoms with E-state index in [2.05, 4.69) is 4.90 Å². The Labute approximate surface area is 162 Å². The number of anilines is 1. The number of benzene rings is 1. The summed E-state index contributed by atoms with van der Waals surface area (Å²) in [6.07, 6.45) is 0. The molecule has 1 aromatic carbocycles. The third-order valence-electron chi connectivity index (χ3n) is 4.29. The van der Waals surface area contributed by atoms with Crippen LogP contribution in [0.1, 0.15) is 4.88 Å². The predicted octanol–water partition coefficient (Wildman–Crippen LogP) is 3.84. The fourth-order valence-corrected chi connectivity index (χ4v) is 4.42. The highest BCUT2D eigenvalue weighted by Gasteiger charge is 2.23. The molecule has 0 bridgehead atoms. The minimum atomic E-state index is 0.170. The molecule has 1 aliphatic heterocycles. The van der Waals surface area contributed by atoms with Crippen molar-refractivity contribution in [3.05, 3.63) is 50.6 Å². The van der Waals surface area contributed by atoms with E-state index in [1.165, 1.54) is 4.88 Å². The van der Waals surface area contributed by atoms with Crippen molar-refractivity contribution in [1.29, 1.82) is 0 Å². The van der Waals surface area contributed by atoms with Gasteiger partial charge in [-0.1, -0.05) is 35.3 Å². The van der Waals surface area contributed by atoms with E-state index in [0.717, 1.165) is 47.8 Å². The third-order valence-corrected chi connectivity index (χ3v) is 5.82. The SMILES string of the molecule is CN(CC(=O)N1CCN(c2ccccc2Cl)CC1)Cc1ccc(Cl)s1. The highest BCUT2D eigenvalue weighted by Crippen LogP contribution is 2.26. The van der Waals surface area contributed by atoms with Crippen LogP contribution in [0.4, 0.5) is 5.69 Å². The van der Waals surface area contributed by atoms with Crippen LogP contribution in [-0.4, -0.2) is 55.5 Å². The van der Waals surface area contributed by atoms with Crippen molar-refractivity contribution in [2.75, 3.05) is 44.7 Å². The Kier molecular flexibility index (Phi) is 6.23. The van der Waals surface area contributed by atoms with Gasteiger partial charge in [0.05, 0.1) is 21.6 Å². The lowest BCUT2D eigenvalue weighted by Gasteiger charge is -2.37. The molecule has 0 saturated carbocycles. The lowest BCUT2D eigenvalue weighted by atomic mass is 10.2. The molecule has 1 saturated heterocycles. The average Bonchev–Trinajstić information content (AvgIpc) is 3.00. The molecule has 2 aromatic rings. The van der Waals surface area contributed by atoms with E-state index >= 15 is 0 Å². The number of halogens is 2. The van der Waals surface area contributed by atoms with Crippen molar-refractivity contribution < 1.29 is 4.79 Å². The largest absolute Gasteiger partial charge is 0.367 e. The molecule has 0 aliphatic carbocycles. The number of thiophene rings is 1. The van der Waals surface area contributed by atoms with Gasteiger partial charge in [0.1, 0.15) is 0 Å². The fourth-order valence-electron chi connectivity index (χ4n) is 2.99. The number of piperazine rings is 1. The van der Waals surface area contributed by atoms with Crippen LogP contribution in [0.15, 0.2) is 36.4 Å². The lowest BCUT2D eigenvalue weighted by molar-refractivity contribution is -0.132. The van der Waals surface area contributed by atoms with Crippen molar-refractivity contribution >= 4 is 46.1 Å². The Bertz CT molecular complexity index is 729. The predicted molar refractivity (Wildman–Crippen MR) is 106 cm³/mol. The first-order chi connectivity index (χ1) is 12.0. The van der Waals surface area contributed by atoms with E-state index in [9.17, 15) is 4.79 Å². The molecular weight excluding hydrogens is 377 g/mol. The van der Waals surface area contributed by atoms with Crippen LogP contribution in [-0.2, 0) is 11.3 Å². The second-order valence-corrected chi connectivity index (χ2v) is 8.40. The van der Waals surface area contributed by atoms with Crippen molar-refractivity contribution in [3.8, 4) is 0 Å². The standard InChI is InChI=1S/C18H21Cl2N3OS/c1-21(12-14-6-7-17(20)25-14)13-18(24)23-10-8-22(9-11-23)16-5-3-2-4-15(16)19/h2-7H,8-13H2,1H3. The molecule has 0 radical (unpaired) electrons. The maximum atomic E-state index is 12.5. The van der Waals surface area contributed by atoms with Gasteiger partial charge in [-0.25, -0.2) is 0 Å². The molecular formula is C18H21Cl2N3OS. The van der Waals surface area contributed by atoms with Crippen molar-refractivity contribution in [2.45, 2.75) is 6.54 Å². The fraction of sp³-hybridized carbons (Fsp3) is 0.389. The van der Waals surface area contributed by atoms with Crippen molar-refractivity contribution in [1.82, 2.24) is 9.80 Å².